The van der Waals surface area contributed by atoms with Crippen molar-refractivity contribution in [2.75, 3.05) is 5.32 Å². The third-order valence-electron chi connectivity index (χ3n) is 2.99. The maximum absolute atomic E-state index is 9.44. The number of anilines is 1. The predicted molar refractivity (Wildman–Crippen MR) is 68.6 cm³/mol. The zero-order valence-electron chi connectivity index (χ0n) is 8.97. The molecule has 1 aliphatic carbocycles. The molecule has 0 aromatic heterocycles. The Labute approximate surface area is 106 Å². The first-order valence-electron chi connectivity index (χ1n) is 5.61. The molecule has 0 saturated heterocycles. The van der Waals surface area contributed by atoms with Crippen LogP contribution in [0.2, 0.25) is 10.0 Å². The van der Waals surface area contributed by atoms with Crippen LogP contribution in [0.5, 0.6) is 5.75 Å². The van der Waals surface area contributed by atoms with Crippen molar-refractivity contribution in [3.63, 3.8) is 0 Å². The van der Waals surface area contributed by atoms with Crippen molar-refractivity contribution in [2.24, 2.45) is 0 Å². The molecule has 2 N–H and O–H groups in total. The lowest BCUT2D eigenvalue weighted by Crippen LogP contribution is -2.22. The van der Waals surface area contributed by atoms with E-state index in [1.165, 1.54) is 32.1 Å². The van der Waals surface area contributed by atoms with Gasteiger partial charge in [-0.15, -0.1) is 0 Å². The quantitative estimate of drug-likeness (QED) is 0.770. The van der Waals surface area contributed by atoms with Gasteiger partial charge in [0.2, 0.25) is 0 Å². The molecule has 1 saturated carbocycles. The summed E-state index contributed by atoms with van der Waals surface area (Å²) in [5.41, 5.74) is 0.889. The Hall–Kier alpha value is -0.600. The molecular formula is C12H15Cl2NO. The average Bonchev–Trinajstić information content (AvgIpc) is 2.27. The van der Waals surface area contributed by atoms with Crippen LogP contribution in [-0.4, -0.2) is 11.1 Å². The molecule has 0 bridgehead atoms. The van der Waals surface area contributed by atoms with Crippen molar-refractivity contribution >= 4 is 28.9 Å². The monoisotopic (exact) mass is 259 g/mol. The number of hydrogen-bond donors (Lipinski definition) is 2. The number of halogens is 2. The minimum Gasteiger partial charge on any atom is -0.505 e. The van der Waals surface area contributed by atoms with Gasteiger partial charge in [0.1, 0.15) is 0 Å². The summed E-state index contributed by atoms with van der Waals surface area (Å²) in [6.07, 6.45) is 6.26. The molecule has 2 nitrogen and oxygen atoms in total. The lowest BCUT2D eigenvalue weighted by Gasteiger charge is -2.24. The molecule has 1 aliphatic rings. The number of hydrogen-bond acceptors (Lipinski definition) is 2. The van der Waals surface area contributed by atoms with Gasteiger partial charge in [-0.25, -0.2) is 0 Å². The van der Waals surface area contributed by atoms with Gasteiger partial charge in [-0.3, -0.25) is 0 Å². The van der Waals surface area contributed by atoms with Gasteiger partial charge in [-0.2, -0.15) is 0 Å². The summed E-state index contributed by atoms with van der Waals surface area (Å²) in [5.74, 6) is -0.0440. The summed E-state index contributed by atoms with van der Waals surface area (Å²) in [6, 6.07) is 3.94. The molecule has 0 radical (unpaired) electrons. The molecule has 0 heterocycles. The first-order valence-corrected chi connectivity index (χ1v) is 6.37. The van der Waals surface area contributed by atoms with Crippen LogP contribution < -0.4 is 5.32 Å². The van der Waals surface area contributed by atoms with Crippen LogP contribution in [0.4, 0.5) is 5.69 Å². The second kappa shape index (κ2) is 5.15. The maximum Gasteiger partial charge on any atom is 0.152 e. The summed E-state index contributed by atoms with van der Waals surface area (Å²) in [7, 11) is 0. The van der Waals surface area contributed by atoms with Crippen molar-refractivity contribution in [3.8, 4) is 5.75 Å². The minimum absolute atomic E-state index is 0.0440. The standard InChI is InChI=1S/C12H15Cl2NO/c13-10-6-9(7-11(14)12(10)16)15-8-4-2-1-3-5-8/h6-8,15-16H,1-5H2. The zero-order chi connectivity index (χ0) is 11.5. The van der Waals surface area contributed by atoms with Crippen molar-refractivity contribution in [2.45, 2.75) is 38.1 Å². The van der Waals surface area contributed by atoms with Gasteiger partial charge < -0.3 is 10.4 Å². The predicted octanol–water partition coefficient (Wildman–Crippen LogP) is 4.44. The Kier molecular flexibility index (Phi) is 3.82. The third-order valence-corrected chi connectivity index (χ3v) is 3.57. The second-order valence-corrected chi connectivity index (χ2v) is 5.08. The fourth-order valence-corrected chi connectivity index (χ4v) is 2.62. The van der Waals surface area contributed by atoms with Crippen molar-refractivity contribution < 1.29 is 5.11 Å². The lowest BCUT2D eigenvalue weighted by molar-refractivity contribution is 0.462. The van der Waals surface area contributed by atoms with Gasteiger partial charge in [-0.05, 0) is 25.0 Å². The molecule has 88 valence electrons. The minimum atomic E-state index is -0.0440. The molecule has 0 unspecified atom stereocenters. The Bertz CT molecular complexity index is 352. The Morgan fingerprint density at radius 2 is 1.62 bits per heavy atom. The van der Waals surface area contributed by atoms with E-state index in [9.17, 15) is 5.11 Å². The van der Waals surface area contributed by atoms with Crippen molar-refractivity contribution in [1.29, 1.82) is 0 Å². The van der Waals surface area contributed by atoms with Gasteiger partial charge in [0.15, 0.2) is 5.75 Å². The van der Waals surface area contributed by atoms with Gasteiger partial charge in [0.05, 0.1) is 10.0 Å². The second-order valence-electron chi connectivity index (χ2n) is 4.27. The molecule has 0 spiro atoms. The van der Waals surface area contributed by atoms with E-state index < -0.39 is 0 Å². The number of rotatable bonds is 2. The largest absolute Gasteiger partial charge is 0.505 e. The molecule has 0 aliphatic heterocycles. The summed E-state index contributed by atoms with van der Waals surface area (Å²) in [4.78, 5) is 0. The topological polar surface area (TPSA) is 32.3 Å². The van der Waals surface area contributed by atoms with Crippen LogP contribution in [-0.2, 0) is 0 Å². The SMILES string of the molecule is Oc1c(Cl)cc(NC2CCCCC2)cc1Cl. The molecule has 16 heavy (non-hydrogen) atoms. The van der Waals surface area contributed by atoms with Crippen LogP contribution in [0, 0.1) is 0 Å². The highest BCUT2D eigenvalue weighted by molar-refractivity contribution is 6.37. The number of nitrogens with one attached hydrogen (secondary N) is 1. The Balaban J connectivity index is 2.09. The lowest BCUT2D eigenvalue weighted by atomic mass is 9.95. The van der Waals surface area contributed by atoms with E-state index in [0.717, 1.165) is 5.69 Å². The van der Waals surface area contributed by atoms with Crippen molar-refractivity contribution in [1.82, 2.24) is 0 Å². The maximum atomic E-state index is 9.44. The van der Waals surface area contributed by atoms with Crippen LogP contribution in [0.15, 0.2) is 12.1 Å². The van der Waals surface area contributed by atoms with E-state index in [2.05, 4.69) is 5.32 Å². The average molecular weight is 260 g/mol. The first-order chi connectivity index (χ1) is 7.66. The number of aromatic hydroxyl groups is 1. The van der Waals surface area contributed by atoms with E-state index in [4.69, 9.17) is 23.2 Å². The normalized spacial score (nSPS) is 17.4. The number of benzene rings is 1. The zero-order valence-corrected chi connectivity index (χ0v) is 10.5. The van der Waals surface area contributed by atoms with Crippen molar-refractivity contribution in [3.05, 3.63) is 22.2 Å². The van der Waals surface area contributed by atoms with Gasteiger partial charge >= 0.3 is 0 Å². The molecule has 1 aromatic rings. The Morgan fingerprint density at radius 3 is 2.19 bits per heavy atom. The Morgan fingerprint density at radius 1 is 1.06 bits per heavy atom. The van der Waals surface area contributed by atoms with Gasteiger partial charge in [0.25, 0.3) is 0 Å². The fourth-order valence-electron chi connectivity index (χ4n) is 2.13. The summed E-state index contributed by atoms with van der Waals surface area (Å²) >= 11 is 11.7. The van der Waals surface area contributed by atoms with E-state index in [-0.39, 0.29) is 5.75 Å². The molecule has 0 amide bonds. The summed E-state index contributed by atoms with van der Waals surface area (Å²) < 4.78 is 0. The molecule has 2 rings (SSSR count). The van der Waals surface area contributed by atoms with Crippen LogP contribution >= 0.6 is 23.2 Å². The van der Waals surface area contributed by atoms with E-state index in [1.807, 2.05) is 0 Å². The number of phenols is 1. The van der Waals surface area contributed by atoms with Crippen LogP contribution in [0.1, 0.15) is 32.1 Å². The van der Waals surface area contributed by atoms with Gasteiger partial charge in [0, 0.05) is 11.7 Å². The van der Waals surface area contributed by atoms with E-state index in [1.54, 1.807) is 12.1 Å². The molecule has 1 aromatic carbocycles. The highest BCUT2D eigenvalue weighted by Gasteiger charge is 2.14. The highest BCUT2D eigenvalue weighted by atomic mass is 35.5. The molecule has 1 fully saturated rings. The first kappa shape index (κ1) is 11.9. The van der Waals surface area contributed by atoms with Crippen LogP contribution in [0.25, 0.3) is 0 Å². The summed E-state index contributed by atoms with van der Waals surface area (Å²) in [5, 5.41) is 13.4. The van der Waals surface area contributed by atoms with E-state index >= 15 is 0 Å². The summed E-state index contributed by atoms with van der Waals surface area (Å²) in [6.45, 7) is 0. The smallest absolute Gasteiger partial charge is 0.152 e. The molecule has 0 atom stereocenters. The van der Waals surface area contributed by atoms with Crippen LogP contribution in [0.3, 0.4) is 0 Å². The van der Waals surface area contributed by atoms with E-state index in [0.29, 0.717) is 16.1 Å². The fraction of sp³-hybridized carbons (Fsp3) is 0.500. The third kappa shape index (κ3) is 2.74. The number of phenolic OH excluding ortho intramolecular Hbond substituents is 1. The molecule has 4 heteroatoms. The highest BCUT2D eigenvalue weighted by Crippen LogP contribution is 2.35. The molecular weight excluding hydrogens is 245 g/mol. The van der Waals surface area contributed by atoms with Gasteiger partial charge in [-0.1, -0.05) is 42.5 Å².